The number of amides is 1. The first-order valence-electron chi connectivity index (χ1n) is 5.58. The molecule has 88 valence electrons. The first kappa shape index (κ1) is 10.2. The molecule has 0 bridgehead atoms. The molecule has 1 saturated heterocycles. The number of hydrogen-bond acceptors (Lipinski definition) is 4. The van der Waals surface area contributed by atoms with Gasteiger partial charge in [0.2, 0.25) is 0 Å². The van der Waals surface area contributed by atoms with Crippen LogP contribution in [0, 0.1) is 0 Å². The van der Waals surface area contributed by atoms with Crippen molar-refractivity contribution in [2.45, 2.75) is 12.5 Å². The summed E-state index contributed by atoms with van der Waals surface area (Å²) in [7, 11) is 0. The van der Waals surface area contributed by atoms with Gasteiger partial charge in [-0.15, -0.1) is 0 Å². The molecule has 0 aromatic carbocycles. The first-order valence-corrected chi connectivity index (χ1v) is 5.58. The lowest BCUT2D eigenvalue weighted by atomic mass is 10.2. The first-order chi connectivity index (χ1) is 8.25. The lowest BCUT2D eigenvalue weighted by Crippen LogP contribution is -2.31. The summed E-state index contributed by atoms with van der Waals surface area (Å²) in [6, 6.07) is 0.0962. The highest BCUT2D eigenvalue weighted by atomic mass is 16.2. The quantitative estimate of drug-likeness (QED) is 0.743. The molecule has 0 radical (unpaired) electrons. The summed E-state index contributed by atoms with van der Waals surface area (Å²) >= 11 is 0. The Morgan fingerprint density at radius 2 is 2.35 bits per heavy atom. The summed E-state index contributed by atoms with van der Waals surface area (Å²) < 4.78 is 1.65. The zero-order chi connectivity index (χ0) is 11.8. The second-order valence-corrected chi connectivity index (χ2v) is 4.26. The average Bonchev–Trinajstić information content (AvgIpc) is 2.94. The average molecular weight is 231 g/mol. The Morgan fingerprint density at radius 1 is 1.47 bits per heavy atom. The Hall–Kier alpha value is -1.95. The zero-order valence-electron chi connectivity index (χ0n) is 9.28. The van der Waals surface area contributed by atoms with Crippen molar-refractivity contribution < 1.29 is 4.79 Å². The van der Waals surface area contributed by atoms with E-state index in [2.05, 4.69) is 10.1 Å². The van der Waals surface area contributed by atoms with Crippen LogP contribution in [0.25, 0.3) is 5.52 Å². The number of carbonyl (C=O) groups excluding carboxylic acids is 1. The third kappa shape index (κ3) is 1.66. The molecule has 1 atom stereocenters. The molecule has 6 heteroatoms. The van der Waals surface area contributed by atoms with E-state index in [0.717, 1.165) is 18.5 Å². The molecular formula is C11H13N5O. The summed E-state index contributed by atoms with van der Waals surface area (Å²) in [6.45, 7) is 1.34. The van der Waals surface area contributed by atoms with Crippen molar-refractivity contribution in [1.29, 1.82) is 0 Å². The van der Waals surface area contributed by atoms with Gasteiger partial charge in [0, 0.05) is 31.5 Å². The SMILES string of the molecule is N[C@@H]1CCN(C(=O)c2cnn3ccncc23)C1. The van der Waals surface area contributed by atoms with Crippen molar-refractivity contribution in [2.24, 2.45) is 5.73 Å². The number of carbonyl (C=O) groups is 1. The van der Waals surface area contributed by atoms with Crippen molar-refractivity contribution in [3.8, 4) is 0 Å². The molecular weight excluding hydrogens is 218 g/mol. The third-order valence-corrected chi connectivity index (χ3v) is 3.07. The van der Waals surface area contributed by atoms with Crippen LogP contribution in [0.15, 0.2) is 24.8 Å². The van der Waals surface area contributed by atoms with Crippen molar-refractivity contribution in [3.63, 3.8) is 0 Å². The van der Waals surface area contributed by atoms with Gasteiger partial charge in [-0.2, -0.15) is 5.10 Å². The number of likely N-dealkylation sites (tertiary alicyclic amines) is 1. The van der Waals surface area contributed by atoms with E-state index in [1.807, 2.05) is 0 Å². The molecule has 1 amide bonds. The Kier molecular flexibility index (Phi) is 2.29. The fraction of sp³-hybridized carbons (Fsp3) is 0.364. The molecule has 3 rings (SSSR count). The highest BCUT2D eigenvalue weighted by Crippen LogP contribution is 2.15. The number of nitrogens with two attached hydrogens (primary N) is 1. The minimum Gasteiger partial charge on any atom is -0.337 e. The molecule has 1 aliphatic heterocycles. The van der Waals surface area contributed by atoms with E-state index in [9.17, 15) is 4.79 Å². The van der Waals surface area contributed by atoms with Gasteiger partial charge in [-0.25, -0.2) is 4.52 Å². The Bertz CT molecular complexity index is 564. The lowest BCUT2D eigenvalue weighted by Gasteiger charge is -2.14. The van der Waals surface area contributed by atoms with Gasteiger partial charge in [-0.3, -0.25) is 9.78 Å². The maximum absolute atomic E-state index is 12.3. The van der Waals surface area contributed by atoms with E-state index in [0.29, 0.717) is 12.1 Å². The molecule has 1 aliphatic rings. The van der Waals surface area contributed by atoms with Crippen molar-refractivity contribution in [1.82, 2.24) is 19.5 Å². The van der Waals surface area contributed by atoms with Crippen LogP contribution < -0.4 is 5.73 Å². The van der Waals surface area contributed by atoms with Gasteiger partial charge < -0.3 is 10.6 Å². The smallest absolute Gasteiger partial charge is 0.257 e. The minimum atomic E-state index is -0.0130. The number of fused-ring (bicyclic) bond motifs is 1. The van der Waals surface area contributed by atoms with Crippen LogP contribution in [0.3, 0.4) is 0 Å². The number of hydrogen-bond donors (Lipinski definition) is 1. The summed E-state index contributed by atoms with van der Waals surface area (Å²) in [4.78, 5) is 18.0. The van der Waals surface area contributed by atoms with E-state index < -0.39 is 0 Å². The van der Waals surface area contributed by atoms with Gasteiger partial charge in [0.1, 0.15) is 0 Å². The van der Waals surface area contributed by atoms with E-state index in [-0.39, 0.29) is 11.9 Å². The molecule has 2 aromatic heterocycles. The molecule has 0 unspecified atom stereocenters. The third-order valence-electron chi connectivity index (χ3n) is 3.07. The highest BCUT2D eigenvalue weighted by Gasteiger charge is 2.26. The summed E-state index contributed by atoms with van der Waals surface area (Å²) in [5.41, 5.74) is 7.13. The second-order valence-electron chi connectivity index (χ2n) is 4.26. The normalized spacial score (nSPS) is 20.1. The Balaban J connectivity index is 1.96. The maximum atomic E-state index is 12.3. The number of nitrogens with zero attached hydrogens (tertiary/aromatic N) is 4. The van der Waals surface area contributed by atoms with Crippen LogP contribution in [0.2, 0.25) is 0 Å². The zero-order valence-corrected chi connectivity index (χ0v) is 9.28. The van der Waals surface area contributed by atoms with Crippen molar-refractivity contribution in [2.75, 3.05) is 13.1 Å². The topological polar surface area (TPSA) is 76.5 Å². The van der Waals surface area contributed by atoms with Crippen LogP contribution in [-0.4, -0.2) is 44.5 Å². The summed E-state index contributed by atoms with van der Waals surface area (Å²) in [5.74, 6) is -0.0130. The van der Waals surface area contributed by atoms with Gasteiger partial charge in [0.15, 0.2) is 0 Å². The van der Waals surface area contributed by atoms with Crippen LogP contribution in [0.4, 0.5) is 0 Å². The van der Waals surface area contributed by atoms with Crippen LogP contribution in [0.1, 0.15) is 16.8 Å². The van der Waals surface area contributed by atoms with Gasteiger partial charge in [-0.05, 0) is 6.42 Å². The van der Waals surface area contributed by atoms with E-state index in [4.69, 9.17) is 5.73 Å². The largest absolute Gasteiger partial charge is 0.337 e. The fourth-order valence-corrected chi connectivity index (χ4v) is 2.14. The van der Waals surface area contributed by atoms with Crippen LogP contribution in [0.5, 0.6) is 0 Å². The summed E-state index contributed by atoms with van der Waals surface area (Å²) in [5, 5.41) is 4.13. The number of aromatic nitrogens is 3. The van der Waals surface area contributed by atoms with Crippen LogP contribution in [-0.2, 0) is 0 Å². The maximum Gasteiger partial charge on any atom is 0.257 e. The molecule has 2 N–H and O–H groups in total. The molecule has 17 heavy (non-hydrogen) atoms. The van der Waals surface area contributed by atoms with Gasteiger partial charge in [-0.1, -0.05) is 0 Å². The molecule has 0 saturated carbocycles. The molecule has 0 spiro atoms. The van der Waals surface area contributed by atoms with Gasteiger partial charge >= 0.3 is 0 Å². The van der Waals surface area contributed by atoms with Crippen molar-refractivity contribution >= 4 is 11.4 Å². The Morgan fingerprint density at radius 3 is 3.12 bits per heavy atom. The van der Waals surface area contributed by atoms with Gasteiger partial charge in [0.05, 0.1) is 23.5 Å². The second kappa shape index (κ2) is 3.81. The summed E-state index contributed by atoms with van der Waals surface area (Å²) in [6.07, 6.45) is 7.46. The standard InChI is InChI=1S/C11H13N5O/c12-8-1-3-15(7-8)11(17)9-5-14-16-4-2-13-6-10(9)16/h2,4-6,8H,1,3,7,12H2/t8-/m1/s1. The predicted molar refractivity (Wildman–Crippen MR) is 61.5 cm³/mol. The van der Waals surface area contributed by atoms with Crippen molar-refractivity contribution in [3.05, 3.63) is 30.4 Å². The number of rotatable bonds is 1. The monoisotopic (exact) mass is 231 g/mol. The highest BCUT2D eigenvalue weighted by molar-refractivity contribution is 6.00. The van der Waals surface area contributed by atoms with Gasteiger partial charge in [0.25, 0.3) is 5.91 Å². The lowest BCUT2D eigenvalue weighted by molar-refractivity contribution is 0.0793. The van der Waals surface area contributed by atoms with Crippen LogP contribution >= 0.6 is 0 Å². The molecule has 0 aliphatic carbocycles. The fourth-order valence-electron chi connectivity index (χ4n) is 2.14. The van der Waals surface area contributed by atoms with E-state index >= 15 is 0 Å². The van der Waals surface area contributed by atoms with E-state index in [1.54, 1.807) is 34.2 Å². The molecule has 3 heterocycles. The predicted octanol–water partition coefficient (Wildman–Crippen LogP) is -0.0975. The Labute approximate surface area is 98.0 Å². The molecule has 6 nitrogen and oxygen atoms in total. The van der Waals surface area contributed by atoms with E-state index in [1.165, 1.54) is 0 Å². The molecule has 1 fully saturated rings. The molecule has 2 aromatic rings. The minimum absolute atomic E-state index is 0.0130.